The Morgan fingerprint density at radius 3 is 2.53 bits per heavy atom. The smallest absolute Gasteiger partial charge is 0.233 e. The second kappa shape index (κ2) is 12.8. The zero-order valence-electron chi connectivity index (χ0n) is 17.8. The number of amides is 1. The molecule has 0 fully saturated rings. The number of hydrogen-bond donors (Lipinski definition) is 2. The summed E-state index contributed by atoms with van der Waals surface area (Å²) in [4.78, 5) is 17.4. The van der Waals surface area contributed by atoms with Gasteiger partial charge in [0.2, 0.25) is 5.91 Å². The average molecular weight is 447 g/mol. The van der Waals surface area contributed by atoms with Crippen LogP contribution in [-0.4, -0.2) is 28.0 Å². The maximum Gasteiger partial charge on any atom is 0.233 e. The van der Waals surface area contributed by atoms with Crippen molar-refractivity contribution in [1.29, 1.82) is 0 Å². The fraction of sp³-hybridized carbons (Fsp3) is 0.417. The quantitative estimate of drug-likeness (QED) is 0.575. The third-order valence-electron chi connectivity index (χ3n) is 4.83. The van der Waals surface area contributed by atoms with Crippen LogP contribution in [0, 0.1) is 0 Å². The largest absolute Gasteiger partial charge is 0.387 e. The summed E-state index contributed by atoms with van der Waals surface area (Å²) in [6.45, 7) is 6.64. The van der Waals surface area contributed by atoms with Crippen molar-refractivity contribution in [1.82, 2.24) is 5.32 Å². The average Bonchev–Trinajstić information content (AvgIpc) is 2.79. The molecule has 1 heterocycles. The highest BCUT2D eigenvalue weighted by Gasteiger charge is 2.29. The number of nitrogens with zero attached hydrogens (tertiary/aromatic N) is 1. The highest BCUT2D eigenvalue weighted by molar-refractivity contribution is 8.14. The molecule has 6 heteroatoms. The Bertz CT molecular complexity index is 829. The molecule has 0 saturated carbocycles. The summed E-state index contributed by atoms with van der Waals surface area (Å²) >= 11 is 7.65. The highest BCUT2D eigenvalue weighted by atomic mass is 35.5. The van der Waals surface area contributed by atoms with Gasteiger partial charge in [0.1, 0.15) is 0 Å². The summed E-state index contributed by atoms with van der Waals surface area (Å²) in [5.74, 6) is -0.254. The molecule has 3 unspecified atom stereocenters. The molecule has 0 spiro atoms. The van der Waals surface area contributed by atoms with Crippen LogP contribution in [0.25, 0.3) is 0 Å². The number of hydrogen-bond acceptors (Lipinski definition) is 4. The van der Waals surface area contributed by atoms with Gasteiger partial charge in [-0.2, -0.15) is 0 Å². The minimum Gasteiger partial charge on any atom is -0.387 e. The van der Waals surface area contributed by atoms with E-state index in [-0.39, 0.29) is 17.1 Å². The molecule has 0 aromatic heterocycles. The number of halogens is 1. The summed E-state index contributed by atoms with van der Waals surface area (Å²) < 4.78 is 0. The zero-order chi connectivity index (χ0) is 21.9. The van der Waals surface area contributed by atoms with Crippen LogP contribution in [0.15, 0.2) is 59.6 Å². The summed E-state index contributed by atoms with van der Waals surface area (Å²) in [6, 6.07) is 17.2. The van der Waals surface area contributed by atoms with Crippen LogP contribution in [0.4, 0.5) is 0 Å². The van der Waals surface area contributed by atoms with E-state index in [1.165, 1.54) is 11.8 Å². The molecule has 0 aliphatic carbocycles. The van der Waals surface area contributed by atoms with Crippen molar-refractivity contribution in [3.63, 3.8) is 0 Å². The summed E-state index contributed by atoms with van der Waals surface area (Å²) in [7, 11) is 0. The van der Waals surface area contributed by atoms with E-state index in [1.54, 1.807) is 6.07 Å². The molecular formula is C24H31ClN2O2S. The van der Waals surface area contributed by atoms with E-state index in [4.69, 9.17) is 11.6 Å². The van der Waals surface area contributed by atoms with E-state index in [1.807, 2.05) is 62.4 Å². The van der Waals surface area contributed by atoms with Gasteiger partial charge in [-0.05, 0) is 24.5 Å². The standard InChI is InChI=1S/C22H25ClN2O2S.C2H6/c1-2-8-16(15-9-4-3-5-10-15)21(27)25-22-24-14-13-19(28-22)20(26)17-11-6-7-12-18(17)23;1-2/h3-7,9-12,16,19-20,26H,2,8,13-14H2,1H3,(H,24,25,27);1-2H3. The minimum absolute atomic E-state index is 0.0489. The molecule has 1 amide bonds. The molecule has 1 aliphatic rings. The fourth-order valence-corrected chi connectivity index (χ4v) is 4.71. The van der Waals surface area contributed by atoms with Gasteiger partial charge in [0.25, 0.3) is 0 Å². The van der Waals surface area contributed by atoms with Crippen molar-refractivity contribution in [2.45, 2.75) is 57.3 Å². The Balaban J connectivity index is 0.00000155. The molecule has 162 valence electrons. The van der Waals surface area contributed by atoms with Crippen molar-refractivity contribution >= 4 is 34.4 Å². The van der Waals surface area contributed by atoms with E-state index in [9.17, 15) is 9.90 Å². The molecular weight excluding hydrogens is 416 g/mol. The number of aliphatic imine (C=N–C) groups is 1. The zero-order valence-corrected chi connectivity index (χ0v) is 19.4. The monoisotopic (exact) mass is 446 g/mol. The third-order valence-corrected chi connectivity index (χ3v) is 6.43. The summed E-state index contributed by atoms with van der Waals surface area (Å²) in [5.41, 5.74) is 1.72. The third kappa shape index (κ3) is 6.59. The maximum atomic E-state index is 12.9. The molecule has 0 saturated heterocycles. The number of thioether (sulfide) groups is 1. The Hall–Kier alpha value is -1.82. The second-order valence-corrected chi connectivity index (χ2v) is 8.47. The van der Waals surface area contributed by atoms with Crippen molar-refractivity contribution < 1.29 is 9.90 Å². The van der Waals surface area contributed by atoms with Crippen LogP contribution in [0.5, 0.6) is 0 Å². The predicted octanol–water partition coefficient (Wildman–Crippen LogP) is 5.96. The molecule has 3 atom stereocenters. The molecule has 1 aliphatic heterocycles. The van der Waals surface area contributed by atoms with E-state index in [0.717, 1.165) is 24.8 Å². The number of carbonyl (C=O) groups is 1. The molecule has 2 aromatic rings. The Morgan fingerprint density at radius 1 is 1.20 bits per heavy atom. The first-order chi connectivity index (χ1) is 14.6. The first-order valence-corrected chi connectivity index (χ1v) is 11.8. The predicted molar refractivity (Wildman–Crippen MR) is 128 cm³/mol. The topological polar surface area (TPSA) is 61.7 Å². The van der Waals surface area contributed by atoms with E-state index < -0.39 is 6.10 Å². The second-order valence-electron chi connectivity index (χ2n) is 6.84. The van der Waals surface area contributed by atoms with Crippen molar-refractivity contribution in [2.24, 2.45) is 4.99 Å². The van der Waals surface area contributed by atoms with Gasteiger partial charge >= 0.3 is 0 Å². The fourth-order valence-electron chi connectivity index (χ4n) is 3.36. The summed E-state index contributed by atoms with van der Waals surface area (Å²) in [6.07, 6.45) is 1.72. The van der Waals surface area contributed by atoms with Crippen LogP contribution in [0.2, 0.25) is 5.02 Å². The first-order valence-electron chi connectivity index (χ1n) is 10.6. The van der Waals surface area contributed by atoms with Crippen LogP contribution >= 0.6 is 23.4 Å². The molecule has 0 bridgehead atoms. The molecule has 3 rings (SSSR count). The van der Waals surface area contributed by atoms with Gasteiger partial charge < -0.3 is 10.4 Å². The van der Waals surface area contributed by atoms with Crippen LogP contribution in [0.1, 0.15) is 63.2 Å². The Morgan fingerprint density at radius 2 is 1.87 bits per heavy atom. The van der Waals surface area contributed by atoms with E-state index in [2.05, 4.69) is 17.2 Å². The number of amidine groups is 1. The van der Waals surface area contributed by atoms with Crippen LogP contribution in [0.3, 0.4) is 0 Å². The molecule has 2 N–H and O–H groups in total. The Labute approximate surface area is 189 Å². The number of carbonyl (C=O) groups excluding carboxylic acids is 1. The van der Waals surface area contributed by atoms with Crippen molar-refractivity contribution in [2.75, 3.05) is 6.54 Å². The molecule has 30 heavy (non-hydrogen) atoms. The van der Waals surface area contributed by atoms with Gasteiger partial charge in [-0.15, -0.1) is 0 Å². The van der Waals surface area contributed by atoms with Gasteiger partial charge in [0, 0.05) is 22.4 Å². The number of benzene rings is 2. The lowest BCUT2D eigenvalue weighted by Crippen LogP contribution is -2.37. The highest BCUT2D eigenvalue weighted by Crippen LogP contribution is 2.35. The normalized spacial score (nSPS) is 17.8. The van der Waals surface area contributed by atoms with Gasteiger partial charge in [-0.3, -0.25) is 9.79 Å². The number of aliphatic hydroxyl groups is 1. The Kier molecular flexibility index (Phi) is 10.4. The van der Waals surface area contributed by atoms with Crippen LogP contribution in [-0.2, 0) is 4.79 Å². The molecule has 2 aromatic carbocycles. The van der Waals surface area contributed by atoms with E-state index in [0.29, 0.717) is 22.3 Å². The number of nitrogens with one attached hydrogen (secondary N) is 1. The lowest BCUT2D eigenvalue weighted by Gasteiger charge is -2.27. The molecule has 0 radical (unpaired) electrons. The lowest BCUT2D eigenvalue weighted by atomic mass is 9.94. The van der Waals surface area contributed by atoms with Gasteiger partial charge in [-0.25, -0.2) is 0 Å². The minimum atomic E-state index is -0.707. The van der Waals surface area contributed by atoms with Gasteiger partial charge in [0.15, 0.2) is 5.17 Å². The maximum absolute atomic E-state index is 12.9. The lowest BCUT2D eigenvalue weighted by molar-refractivity contribution is -0.121. The number of rotatable bonds is 6. The molecule has 4 nitrogen and oxygen atoms in total. The van der Waals surface area contributed by atoms with Crippen molar-refractivity contribution in [3.8, 4) is 0 Å². The van der Waals surface area contributed by atoms with Gasteiger partial charge in [0.05, 0.1) is 12.0 Å². The van der Waals surface area contributed by atoms with Gasteiger partial charge in [-0.1, -0.05) is 99.1 Å². The number of aliphatic hydroxyl groups excluding tert-OH is 1. The summed E-state index contributed by atoms with van der Waals surface area (Å²) in [5, 5.41) is 14.8. The van der Waals surface area contributed by atoms with Crippen molar-refractivity contribution in [3.05, 3.63) is 70.7 Å². The van der Waals surface area contributed by atoms with Crippen LogP contribution < -0.4 is 5.32 Å². The van der Waals surface area contributed by atoms with E-state index >= 15 is 0 Å². The SMILES string of the molecule is CC.CCCC(C(=O)NC1=NCCC(C(O)c2ccccc2Cl)S1)c1ccccc1. The first kappa shape index (κ1) is 24.4.